The van der Waals surface area contributed by atoms with E-state index < -0.39 is 79.6 Å². The smallest absolute Gasteiger partial charge is 0.303 e. The lowest BCUT2D eigenvalue weighted by molar-refractivity contribution is -0.145. The highest BCUT2D eigenvalue weighted by Crippen LogP contribution is 2.39. The first kappa shape index (κ1) is 53.5. The Bertz CT molecular complexity index is 2290. The highest BCUT2D eigenvalue weighted by atomic mass is 35.5. The van der Waals surface area contributed by atoms with Crippen LogP contribution in [0.2, 0.25) is 5.02 Å². The van der Waals surface area contributed by atoms with E-state index in [0.717, 1.165) is 29.5 Å². The topological polar surface area (TPSA) is 288 Å². The van der Waals surface area contributed by atoms with Gasteiger partial charge in [0, 0.05) is 48.6 Å². The van der Waals surface area contributed by atoms with Crippen LogP contribution in [0.4, 0.5) is 0 Å². The van der Waals surface area contributed by atoms with E-state index in [2.05, 4.69) is 38.7 Å². The molecule has 18 nitrogen and oxygen atoms in total. The van der Waals surface area contributed by atoms with Gasteiger partial charge in [0.1, 0.15) is 30.2 Å². The number of likely N-dealkylation sites (N-methyl/N-ethyl adjacent to an activating group) is 1. The third-order valence-corrected chi connectivity index (χ3v) is 10.0. The summed E-state index contributed by atoms with van der Waals surface area (Å²) in [6.45, 7) is 2.21. The van der Waals surface area contributed by atoms with Crippen molar-refractivity contribution >= 4 is 52.9 Å². The van der Waals surface area contributed by atoms with Gasteiger partial charge >= 0.3 is 5.97 Å². The number of amides is 5. The van der Waals surface area contributed by atoms with E-state index >= 15 is 0 Å². The third-order valence-electron chi connectivity index (χ3n) is 9.77. The highest BCUT2D eigenvalue weighted by molar-refractivity contribution is 6.30. The first-order chi connectivity index (χ1) is 31.6. The quantitative estimate of drug-likeness (QED) is 0.0796. The number of carbonyl (C=O) groups is 7. The van der Waals surface area contributed by atoms with Crippen LogP contribution in [0.3, 0.4) is 0 Å². The number of phenolic OH excluding ortho intramolecular Hbond substituents is 1. The molecule has 1 aliphatic rings. The Morgan fingerprint density at radius 1 is 0.864 bits per heavy atom. The molecule has 2 atom stereocenters. The van der Waals surface area contributed by atoms with Gasteiger partial charge < -0.3 is 57.9 Å². The van der Waals surface area contributed by atoms with Crippen LogP contribution in [0.1, 0.15) is 54.2 Å². The minimum Gasteiger partial charge on any atom is -0.507 e. The molecule has 0 saturated heterocycles. The lowest BCUT2D eigenvalue weighted by Gasteiger charge is -2.29. The summed E-state index contributed by atoms with van der Waals surface area (Å²) in [5.41, 5.74) is 18.7. The van der Waals surface area contributed by atoms with E-state index in [-0.39, 0.29) is 42.2 Å². The van der Waals surface area contributed by atoms with Crippen molar-refractivity contribution in [1.82, 2.24) is 26.2 Å². The van der Waals surface area contributed by atoms with E-state index in [1.54, 1.807) is 66.7 Å². The summed E-state index contributed by atoms with van der Waals surface area (Å²) in [5.74, 6) is -4.67. The summed E-state index contributed by atoms with van der Waals surface area (Å²) in [5, 5.41) is 21.8. The van der Waals surface area contributed by atoms with Crippen LogP contribution < -0.4 is 43.2 Å². The minimum absolute atomic E-state index is 0.100. The standard InChI is InChI=1S/C42H43ClN6O10.C4H11N.CH5N/c1-24(50)59-23-31(51)20-45-41(56)34-18-25-3-13-35(52)32(17-25)33-19-29(10-14-36(33)58-16-15-44)39(42(57)46-21-37(53)48-34)49(2)38(54)22-47-40(55)28-6-4-26(5-7-28)27-8-11-30(43)12-9-27;1-2-3-4-5;1-2/h3-14,17,19,34,39,52H,15-16,18,20-23,44H2,1-2H3,(H,45,56)(H,46,57)(H,47,55)(H,48,53);2-5H2,1H3;2H2,1H3. The average Bonchev–Trinajstić information content (AvgIpc) is 3.32. The van der Waals surface area contributed by atoms with Crippen LogP contribution in [-0.4, -0.2) is 117 Å². The Hall–Kier alpha value is -6.86. The summed E-state index contributed by atoms with van der Waals surface area (Å²) in [7, 11) is 2.86. The van der Waals surface area contributed by atoms with Gasteiger partial charge in [-0.3, -0.25) is 33.6 Å². The number of esters is 1. The Morgan fingerprint density at radius 2 is 1.53 bits per heavy atom. The number of carbonyl (C=O) groups excluding carboxylic acids is 7. The summed E-state index contributed by atoms with van der Waals surface area (Å²) >= 11 is 6.00. The molecule has 0 fully saturated rings. The normalized spacial score (nSPS) is 14.2. The van der Waals surface area contributed by atoms with Gasteiger partial charge in [-0.1, -0.05) is 61.3 Å². The Morgan fingerprint density at radius 3 is 2.14 bits per heavy atom. The first-order valence-corrected chi connectivity index (χ1v) is 21.5. The molecular weight excluding hydrogens is 872 g/mol. The molecule has 0 saturated carbocycles. The predicted molar refractivity (Wildman–Crippen MR) is 250 cm³/mol. The van der Waals surface area contributed by atoms with E-state index in [0.29, 0.717) is 21.7 Å². The van der Waals surface area contributed by atoms with Crippen molar-refractivity contribution in [2.75, 3.05) is 60.0 Å². The van der Waals surface area contributed by atoms with E-state index in [1.165, 1.54) is 33.0 Å². The number of nitrogens with one attached hydrogen (secondary N) is 4. The van der Waals surface area contributed by atoms with Crippen LogP contribution in [0, 0.1) is 0 Å². The summed E-state index contributed by atoms with van der Waals surface area (Å²) in [4.78, 5) is 91.8. The molecule has 1 aliphatic heterocycles. The van der Waals surface area contributed by atoms with Crippen LogP contribution >= 0.6 is 11.6 Å². The fraction of sp³-hybridized carbons (Fsp3) is 0.340. The Labute approximate surface area is 388 Å². The monoisotopic (exact) mass is 930 g/mol. The van der Waals surface area contributed by atoms with Crippen molar-refractivity contribution in [1.29, 1.82) is 0 Å². The number of rotatable bonds is 15. The number of hydrogen-bond acceptors (Lipinski definition) is 13. The summed E-state index contributed by atoms with van der Waals surface area (Å²) in [6, 6.07) is 20.5. The second-order valence-electron chi connectivity index (χ2n) is 14.6. The first-order valence-electron chi connectivity index (χ1n) is 21.1. The molecule has 354 valence electrons. The zero-order valence-electron chi connectivity index (χ0n) is 37.5. The molecular formula is C47H59ClN8O10. The second kappa shape index (κ2) is 27.5. The minimum atomic E-state index is -1.37. The van der Waals surface area contributed by atoms with Crippen molar-refractivity contribution < 1.29 is 48.1 Å². The van der Waals surface area contributed by atoms with Crippen molar-refractivity contribution in [3.05, 3.63) is 107 Å². The zero-order chi connectivity index (χ0) is 48.8. The van der Waals surface area contributed by atoms with Crippen LogP contribution in [-0.2, 0) is 39.9 Å². The number of fused-ring (bicyclic) bond motifs is 5. The number of halogens is 1. The molecule has 0 radical (unpaired) electrons. The van der Waals surface area contributed by atoms with Gasteiger partial charge in [0.2, 0.25) is 23.6 Å². The van der Waals surface area contributed by atoms with Gasteiger partial charge in [-0.15, -0.1) is 0 Å². The number of ether oxygens (including phenoxy) is 2. The maximum Gasteiger partial charge on any atom is 0.303 e. The lowest BCUT2D eigenvalue weighted by Crippen LogP contribution is -2.52. The Kier molecular flexibility index (Phi) is 22.3. The molecule has 0 aliphatic carbocycles. The van der Waals surface area contributed by atoms with Crippen LogP contribution in [0.5, 0.6) is 11.5 Å². The molecule has 5 amide bonds. The van der Waals surface area contributed by atoms with Gasteiger partial charge in [0.05, 0.1) is 19.6 Å². The molecule has 1 heterocycles. The van der Waals surface area contributed by atoms with E-state index in [1.807, 2.05) is 12.1 Å². The van der Waals surface area contributed by atoms with E-state index in [9.17, 15) is 38.7 Å². The van der Waals surface area contributed by atoms with Crippen molar-refractivity contribution in [3.8, 4) is 33.8 Å². The SMILES string of the molecule is CC(=O)OCC(=O)CNC(=O)C1Cc2ccc(O)c(c2)-c2cc(ccc2OCCN)C(N(C)C(=O)CNC(=O)c2ccc(-c3ccc(Cl)cc3)cc2)C(=O)NCC(=O)N1.CCCCN.CN. The molecule has 0 spiro atoms. The number of Topliss-reactive ketones (excluding diaryl/α,β-unsaturated/α-hetero) is 1. The fourth-order valence-electron chi connectivity index (χ4n) is 6.38. The molecule has 0 aromatic heterocycles. The molecule has 19 heteroatoms. The largest absolute Gasteiger partial charge is 0.507 e. The number of nitrogens with two attached hydrogens (primary N) is 3. The van der Waals surface area contributed by atoms with Gasteiger partial charge in [-0.25, -0.2) is 0 Å². The number of benzene rings is 4. The molecule has 5 rings (SSSR count). The number of nitrogens with zero attached hydrogens (tertiary/aromatic N) is 1. The molecule has 4 aromatic rings. The zero-order valence-corrected chi connectivity index (χ0v) is 38.2. The molecule has 66 heavy (non-hydrogen) atoms. The second-order valence-corrected chi connectivity index (χ2v) is 15.1. The van der Waals surface area contributed by atoms with Crippen molar-refractivity contribution in [2.24, 2.45) is 17.2 Å². The fourth-order valence-corrected chi connectivity index (χ4v) is 6.51. The number of aromatic hydroxyl groups is 1. The average molecular weight is 931 g/mol. The molecule has 11 N–H and O–H groups in total. The van der Waals surface area contributed by atoms with Gasteiger partial charge in [0.15, 0.2) is 12.4 Å². The van der Waals surface area contributed by atoms with E-state index in [4.69, 9.17) is 27.8 Å². The van der Waals surface area contributed by atoms with Crippen molar-refractivity contribution in [2.45, 2.75) is 45.2 Å². The molecule has 2 unspecified atom stereocenters. The highest BCUT2D eigenvalue weighted by Gasteiger charge is 2.32. The molecule has 4 aromatic carbocycles. The molecule has 4 bridgehead atoms. The summed E-state index contributed by atoms with van der Waals surface area (Å²) < 4.78 is 10.6. The number of unbranched alkanes of at least 4 members (excludes halogenated alkanes) is 1. The maximum absolute atomic E-state index is 14.0. The summed E-state index contributed by atoms with van der Waals surface area (Å²) in [6.07, 6.45) is 2.28. The van der Waals surface area contributed by atoms with Gasteiger partial charge in [-0.05, 0) is 90.8 Å². The van der Waals surface area contributed by atoms with Crippen molar-refractivity contribution in [3.63, 3.8) is 0 Å². The third kappa shape index (κ3) is 16.3. The van der Waals surface area contributed by atoms with Gasteiger partial charge in [0.25, 0.3) is 5.91 Å². The maximum atomic E-state index is 14.0. The number of phenols is 1. The lowest BCUT2D eigenvalue weighted by atomic mass is 9.94. The number of ketones is 1. The predicted octanol–water partition coefficient (Wildman–Crippen LogP) is 2.37. The van der Waals surface area contributed by atoms with Gasteiger partial charge in [-0.2, -0.15) is 0 Å². The Balaban J connectivity index is 0.00000154. The van der Waals surface area contributed by atoms with Crippen LogP contribution in [0.15, 0.2) is 84.9 Å². The van der Waals surface area contributed by atoms with Crippen LogP contribution in [0.25, 0.3) is 22.3 Å². The number of hydrogen-bond donors (Lipinski definition) is 8.